The zero-order valence-corrected chi connectivity index (χ0v) is 14.7. The van der Waals surface area contributed by atoms with Crippen LogP contribution in [0.1, 0.15) is 53.4 Å². The van der Waals surface area contributed by atoms with Crippen molar-refractivity contribution in [3.63, 3.8) is 0 Å². The number of carbonyl (C=O) groups excluding carboxylic acids is 1. The lowest BCUT2D eigenvalue weighted by Gasteiger charge is -2.71. The van der Waals surface area contributed by atoms with E-state index in [1.54, 1.807) is 6.08 Å². The average molecular weight is 316 g/mol. The Morgan fingerprint density at radius 2 is 2.04 bits per heavy atom. The predicted octanol–water partition coefficient (Wildman–Crippen LogP) is 3.63. The van der Waals surface area contributed by atoms with Crippen LogP contribution in [-0.2, 0) is 9.53 Å². The van der Waals surface area contributed by atoms with Crippen molar-refractivity contribution in [1.29, 1.82) is 0 Å². The molecule has 126 valence electrons. The van der Waals surface area contributed by atoms with E-state index in [9.17, 15) is 9.90 Å². The van der Waals surface area contributed by atoms with E-state index < -0.39 is 5.60 Å². The van der Waals surface area contributed by atoms with E-state index in [-0.39, 0.29) is 22.7 Å². The lowest BCUT2D eigenvalue weighted by Crippen LogP contribution is -2.71. The molecule has 23 heavy (non-hydrogen) atoms. The van der Waals surface area contributed by atoms with E-state index in [0.29, 0.717) is 18.4 Å². The fourth-order valence-corrected chi connectivity index (χ4v) is 6.61. The van der Waals surface area contributed by atoms with Gasteiger partial charge in [0.25, 0.3) is 0 Å². The summed E-state index contributed by atoms with van der Waals surface area (Å²) in [4.78, 5) is 11.6. The maximum atomic E-state index is 12.0. The highest BCUT2D eigenvalue weighted by Crippen LogP contribution is 2.73. The molecule has 6 unspecified atom stereocenters. The van der Waals surface area contributed by atoms with Crippen LogP contribution in [0.3, 0.4) is 0 Å². The third kappa shape index (κ3) is 1.67. The Labute approximate surface area is 138 Å². The molecule has 0 saturated heterocycles. The molecule has 0 amide bonds. The number of ether oxygens (including phenoxy) is 1. The van der Waals surface area contributed by atoms with E-state index in [0.717, 1.165) is 31.3 Å². The molecule has 0 aromatic rings. The molecule has 0 spiro atoms. The number of allylic oxidation sites excluding steroid dienone is 1. The van der Waals surface area contributed by atoms with Crippen molar-refractivity contribution in [2.45, 2.75) is 59.0 Å². The molecule has 0 aromatic heterocycles. The molecule has 2 bridgehead atoms. The molecule has 3 nitrogen and oxygen atoms in total. The minimum absolute atomic E-state index is 0.0397. The summed E-state index contributed by atoms with van der Waals surface area (Å²) in [6, 6.07) is 0. The highest BCUT2D eigenvalue weighted by atomic mass is 16.5. The largest absolute Gasteiger partial charge is 0.458 e. The number of cyclic esters (lactones) is 1. The van der Waals surface area contributed by atoms with Gasteiger partial charge in [0.2, 0.25) is 0 Å². The summed E-state index contributed by atoms with van der Waals surface area (Å²) < 4.78 is 5.17. The maximum Gasteiger partial charge on any atom is 0.331 e. The predicted molar refractivity (Wildman–Crippen MR) is 88.6 cm³/mol. The second kappa shape index (κ2) is 4.50. The van der Waals surface area contributed by atoms with Crippen molar-refractivity contribution >= 4 is 5.97 Å². The standard InChI is InChI=1S/C20H28O3/c1-12-6-5-7-16-18(3)10-15(14-8-17(21)23-11-14)20(22,9-13(18)2)19(12,16)4/h6,8,13,15-16,22H,5,7,9-11H2,1-4H3. The normalized spacial score (nSPS) is 51.9. The van der Waals surface area contributed by atoms with Crippen LogP contribution in [0.4, 0.5) is 0 Å². The lowest BCUT2D eigenvalue weighted by atomic mass is 9.34. The Bertz CT molecular complexity index is 633. The number of aliphatic hydroxyl groups is 1. The number of rotatable bonds is 1. The summed E-state index contributed by atoms with van der Waals surface area (Å²) in [7, 11) is 0. The van der Waals surface area contributed by atoms with Gasteiger partial charge in [0.1, 0.15) is 6.61 Å². The first-order valence-corrected chi connectivity index (χ1v) is 9.00. The molecule has 1 heterocycles. The van der Waals surface area contributed by atoms with Crippen LogP contribution >= 0.6 is 0 Å². The van der Waals surface area contributed by atoms with E-state index in [1.165, 1.54) is 5.57 Å². The van der Waals surface area contributed by atoms with Gasteiger partial charge >= 0.3 is 5.97 Å². The minimum atomic E-state index is -0.768. The van der Waals surface area contributed by atoms with Crippen molar-refractivity contribution in [3.05, 3.63) is 23.3 Å². The molecule has 1 aliphatic heterocycles. The topological polar surface area (TPSA) is 46.5 Å². The highest BCUT2D eigenvalue weighted by molar-refractivity contribution is 5.85. The Balaban J connectivity index is 1.88. The summed E-state index contributed by atoms with van der Waals surface area (Å²) in [5.41, 5.74) is 1.60. The first-order chi connectivity index (χ1) is 10.7. The summed E-state index contributed by atoms with van der Waals surface area (Å²) in [5, 5.41) is 12.0. The molecule has 5 aliphatic rings. The molecular formula is C20H28O3. The zero-order chi connectivity index (χ0) is 16.6. The van der Waals surface area contributed by atoms with Gasteiger partial charge in [-0.25, -0.2) is 4.79 Å². The molecule has 3 fully saturated rings. The van der Waals surface area contributed by atoms with Crippen LogP contribution in [-0.4, -0.2) is 23.3 Å². The first-order valence-electron chi connectivity index (χ1n) is 9.00. The number of fused-ring (bicyclic) bond motifs is 2. The zero-order valence-electron chi connectivity index (χ0n) is 14.7. The van der Waals surface area contributed by atoms with Gasteiger partial charge in [0.05, 0.1) is 5.60 Å². The van der Waals surface area contributed by atoms with Crippen LogP contribution in [0.5, 0.6) is 0 Å². The quantitative estimate of drug-likeness (QED) is 0.593. The highest BCUT2D eigenvalue weighted by Gasteiger charge is 2.71. The number of hydrogen-bond donors (Lipinski definition) is 1. The van der Waals surface area contributed by atoms with Crippen LogP contribution in [0.15, 0.2) is 23.3 Å². The molecular weight excluding hydrogens is 288 g/mol. The van der Waals surface area contributed by atoms with Gasteiger partial charge in [0, 0.05) is 17.4 Å². The lowest BCUT2D eigenvalue weighted by molar-refractivity contribution is -0.257. The summed E-state index contributed by atoms with van der Waals surface area (Å²) >= 11 is 0. The number of esters is 1. The first kappa shape index (κ1) is 15.4. The third-order valence-electron chi connectivity index (χ3n) is 8.21. The van der Waals surface area contributed by atoms with Crippen LogP contribution in [0, 0.1) is 28.6 Å². The molecule has 1 N–H and O–H groups in total. The van der Waals surface area contributed by atoms with Gasteiger partial charge in [-0.15, -0.1) is 0 Å². The van der Waals surface area contributed by atoms with Gasteiger partial charge in [-0.2, -0.15) is 0 Å². The Morgan fingerprint density at radius 1 is 1.30 bits per heavy atom. The van der Waals surface area contributed by atoms with Crippen LogP contribution in [0.25, 0.3) is 0 Å². The van der Waals surface area contributed by atoms with Gasteiger partial charge in [-0.3, -0.25) is 0 Å². The molecule has 5 rings (SSSR count). The van der Waals surface area contributed by atoms with Gasteiger partial charge < -0.3 is 9.84 Å². The van der Waals surface area contributed by atoms with Crippen molar-refractivity contribution < 1.29 is 14.6 Å². The summed E-state index contributed by atoms with van der Waals surface area (Å²) in [5.74, 6) is 0.814. The Morgan fingerprint density at radius 3 is 2.70 bits per heavy atom. The Kier molecular flexibility index (Phi) is 3.02. The molecule has 3 heteroatoms. The smallest absolute Gasteiger partial charge is 0.331 e. The van der Waals surface area contributed by atoms with Crippen molar-refractivity contribution in [1.82, 2.24) is 0 Å². The number of hydrogen-bond acceptors (Lipinski definition) is 3. The molecule has 0 aromatic carbocycles. The minimum Gasteiger partial charge on any atom is -0.458 e. The fraction of sp³-hybridized carbons (Fsp3) is 0.750. The molecule has 0 radical (unpaired) electrons. The molecule has 4 aliphatic carbocycles. The van der Waals surface area contributed by atoms with E-state index >= 15 is 0 Å². The maximum absolute atomic E-state index is 12.0. The van der Waals surface area contributed by atoms with Gasteiger partial charge in [-0.05, 0) is 55.4 Å². The summed E-state index contributed by atoms with van der Waals surface area (Å²) in [6.07, 6.45) is 8.04. The second-order valence-electron chi connectivity index (χ2n) is 8.84. The average Bonchev–Trinajstić information content (AvgIpc) is 2.91. The third-order valence-corrected chi connectivity index (χ3v) is 8.21. The summed E-state index contributed by atoms with van der Waals surface area (Å²) in [6.45, 7) is 9.56. The Hall–Kier alpha value is -1.09. The monoisotopic (exact) mass is 316 g/mol. The second-order valence-corrected chi connectivity index (χ2v) is 8.84. The van der Waals surface area contributed by atoms with Gasteiger partial charge in [0.15, 0.2) is 0 Å². The van der Waals surface area contributed by atoms with Crippen LogP contribution in [0.2, 0.25) is 0 Å². The van der Waals surface area contributed by atoms with Gasteiger partial charge in [-0.1, -0.05) is 32.4 Å². The van der Waals surface area contributed by atoms with Crippen LogP contribution < -0.4 is 0 Å². The molecule has 6 atom stereocenters. The van der Waals surface area contributed by atoms with E-state index in [4.69, 9.17) is 4.74 Å². The fourth-order valence-electron chi connectivity index (χ4n) is 6.61. The van der Waals surface area contributed by atoms with E-state index in [1.807, 2.05) is 0 Å². The van der Waals surface area contributed by atoms with Crippen molar-refractivity contribution in [3.8, 4) is 0 Å². The van der Waals surface area contributed by atoms with Crippen molar-refractivity contribution in [2.24, 2.45) is 28.6 Å². The van der Waals surface area contributed by atoms with Crippen molar-refractivity contribution in [2.75, 3.05) is 6.61 Å². The van der Waals surface area contributed by atoms with E-state index in [2.05, 4.69) is 33.8 Å². The molecule has 3 saturated carbocycles. The number of carbonyl (C=O) groups is 1. The SMILES string of the molecule is CC1=CCCC2C3(C)CC(C4=CC(=O)OC4)C(O)(CC3C)C12C.